The monoisotopic (exact) mass is 428 g/mol. The van der Waals surface area contributed by atoms with Crippen molar-refractivity contribution in [2.24, 2.45) is 11.1 Å². The summed E-state index contributed by atoms with van der Waals surface area (Å²) >= 11 is 0. The van der Waals surface area contributed by atoms with Gasteiger partial charge in [-0.15, -0.1) is 0 Å². The predicted octanol–water partition coefficient (Wildman–Crippen LogP) is 3.85. The van der Waals surface area contributed by atoms with Crippen LogP contribution in [0.1, 0.15) is 17.5 Å². The standard InChI is InChI=1S/C27H28N2O3/c1-32-23-13-11-20(12-14-23)17-25(30)29-16-15-27(19-29,26(28)31)18-22-9-5-6-10-24(22)21-7-3-2-4-8-21/h2-14H,15-19H2,1H3,(H2,28,31). The van der Waals surface area contributed by atoms with Crippen LogP contribution >= 0.6 is 0 Å². The Morgan fingerprint density at radius 2 is 1.66 bits per heavy atom. The van der Waals surface area contributed by atoms with Crippen molar-refractivity contribution in [1.82, 2.24) is 4.90 Å². The maximum atomic E-state index is 13.0. The lowest BCUT2D eigenvalue weighted by Crippen LogP contribution is -2.42. The molecule has 32 heavy (non-hydrogen) atoms. The summed E-state index contributed by atoms with van der Waals surface area (Å²) in [5.74, 6) is 0.418. The summed E-state index contributed by atoms with van der Waals surface area (Å²) in [7, 11) is 1.61. The van der Waals surface area contributed by atoms with Crippen LogP contribution < -0.4 is 10.5 Å². The first-order chi connectivity index (χ1) is 15.5. The van der Waals surface area contributed by atoms with Gasteiger partial charge in [0.25, 0.3) is 0 Å². The Morgan fingerprint density at radius 3 is 2.34 bits per heavy atom. The normalized spacial score (nSPS) is 17.8. The second kappa shape index (κ2) is 9.27. The molecule has 0 saturated carbocycles. The van der Waals surface area contributed by atoms with Crippen molar-refractivity contribution in [2.45, 2.75) is 19.3 Å². The third-order valence-electron chi connectivity index (χ3n) is 6.37. The van der Waals surface area contributed by atoms with Crippen LogP contribution in [0, 0.1) is 5.41 Å². The second-order valence-electron chi connectivity index (χ2n) is 8.43. The molecule has 164 valence electrons. The molecular formula is C27H28N2O3. The molecule has 2 N–H and O–H groups in total. The topological polar surface area (TPSA) is 72.6 Å². The first-order valence-corrected chi connectivity index (χ1v) is 10.8. The number of likely N-dealkylation sites (tertiary alicyclic amines) is 1. The van der Waals surface area contributed by atoms with Gasteiger partial charge in [-0.3, -0.25) is 9.59 Å². The summed E-state index contributed by atoms with van der Waals surface area (Å²) in [6.07, 6.45) is 1.37. The van der Waals surface area contributed by atoms with Gasteiger partial charge in [0.05, 0.1) is 18.9 Å². The van der Waals surface area contributed by atoms with Crippen LogP contribution in [0.3, 0.4) is 0 Å². The van der Waals surface area contributed by atoms with Gasteiger partial charge in [0, 0.05) is 13.1 Å². The Hall–Kier alpha value is -3.60. The molecule has 0 aromatic heterocycles. The zero-order chi connectivity index (χ0) is 22.6. The molecule has 1 saturated heterocycles. The van der Waals surface area contributed by atoms with Gasteiger partial charge < -0.3 is 15.4 Å². The second-order valence-corrected chi connectivity index (χ2v) is 8.43. The predicted molar refractivity (Wildman–Crippen MR) is 125 cm³/mol. The van der Waals surface area contributed by atoms with Gasteiger partial charge in [0.15, 0.2) is 0 Å². The van der Waals surface area contributed by atoms with Gasteiger partial charge in [-0.1, -0.05) is 66.7 Å². The van der Waals surface area contributed by atoms with Gasteiger partial charge in [-0.2, -0.15) is 0 Å². The van der Waals surface area contributed by atoms with E-state index in [2.05, 4.69) is 24.3 Å². The zero-order valence-electron chi connectivity index (χ0n) is 18.3. The van der Waals surface area contributed by atoms with Crippen molar-refractivity contribution in [1.29, 1.82) is 0 Å². The van der Waals surface area contributed by atoms with Gasteiger partial charge >= 0.3 is 0 Å². The third kappa shape index (κ3) is 4.52. The highest BCUT2D eigenvalue weighted by Gasteiger charge is 2.45. The number of hydrogen-bond acceptors (Lipinski definition) is 3. The average molecular weight is 429 g/mol. The number of nitrogens with zero attached hydrogens (tertiary/aromatic N) is 1. The Balaban J connectivity index is 1.52. The van der Waals surface area contributed by atoms with Gasteiger partial charge in [0.1, 0.15) is 5.75 Å². The molecule has 0 radical (unpaired) electrons. The molecule has 1 aliphatic rings. The number of nitrogens with two attached hydrogens (primary N) is 1. The van der Waals surface area contributed by atoms with Crippen LogP contribution in [0.2, 0.25) is 0 Å². The summed E-state index contributed by atoms with van der Waals surface area (Å²) in [6, 6.07) is 25.7. The third-order valence-corrected chi connectivity index (χ3v) is 6.37. The highest BCUT2D eigenvalue weighted by atomic mass is 16.5. The summed E-state index contributed by atoms with van der Waals surface area (Å²) in [4.78, 5) is 27.4. The quantitative estimate of drug-likeness (QED) is 0.621. The molecule has 1 aliphatic heterocycles. The molecule has 2 amide bonds. The minimum atomic E-state index is -0.763. The van der Waals surface area contributed by atoms with Crippen LogP contribution in [0.5, 0.6) is 5.75 Å². The number of carbonyl (C=O) groups excluding carboxylic acids is 2. The average Bonchev–Trinajstić information content (AvgIpc) is 3.26. The van der Waals surface area contributed by atoms with Crippen molar-refractivity contribution in [3.63, 3.8) is 0 Å². The number of benzene rings is 3. The number of hydrogen-bond donors (Lipinski definition) is 1. The highest BCUT2D eigenvalue weighted by molar-refractivity contribution is 5.85. The summed E-state index contributed by atoms with van der Waals surface area (Å²) in [6.45, 7) is 0.881. The molecule has 1 heterocycles. The molecule has 0 bridgehead atoms. The number of rotatable bonds is 7. The maximum Gasteiger partial charge on any atom is 0.227 e. The lowest BCUT2D eigenvalue weighted by atomic mass is 9.78. The molecule has 3 aromatic carbocycles. The van der Waals surface area contributed by atoms with E-state index in [0.717, 1.165) is 28.0 Å². The molecule has 0 spiro atoms. The van der Waals surface area contributed by atoms with Crippen LogP contribution in [0.4, 0.5) is 0 Å². The number of amides is 2. The zero-order valence-corrected chi connectivity index (χ0v) is 18.3. The van der Waals surface area contributed by atoms with Crippen molar-refractivity contribution in [2.75, 3.05) is 20.2 Å². The van der Waals surface area contributed by atoms with Crippen LogP contribution in [-0.2, 0) is 22.4 Å². The summed E-state index contributed by atoms with van der Waals surface area (Å²) in [5.41, 5.74) is 9.35. The lowest BCUT2D eigenvalue weighted by molar-refractivity contribution is -0.131. The van der Waals surface area contributed by atoms with Crippen LogP contribution in [0.15, 0.2) is 78.9 Å². The van der Waals surface area contributed by atoms with Crippen molar-refractivity contribution in [3.05, 3.63) is 90.0 Å². The number of methoxy groups -OCH3 is 1. The molecular weight excluding hydrogens is 400 g/mol. The SMILES string of the molecule is COc1ccc(CC(=O)N2CCC(Cc3ccccc3-c3ccccc3)(C(N)=O)C2)cc1. The minimum absolute atomic E-state index is 0.00892. The Morgan fingerprint density at radius 1 is 0.969 bits per heavy atom. The molecule has 5 nitrogen and oxygen atoms in total. The van der Waals surface area contributed by atoms with E-state index in [0.29, 0.717) is 32.4 Å². The van der Waals surface area contributed by atoms with Crippen LogP contribution in [0.25, 0.3) is 11.1 Å². The first-order valence-electron chi connectivity index (χ1n) is 10.8. The van der Waals surface area contributed by atoms with E-state index in [1.54, 1.807) is 12.0 Å². The number of carbonyl (C=O) groups is 2. The van der Waals surface area contributed by atoms with Crippen LogP contribution in [-0.4, -0.2) is 36.9 Å². The van der Waals surface area contributed by atoms with Gasteiger partial charge in [-0.25, -0.2) is 0 Å². The largest absolute Gasteiger partial charge is 0.497 e. The fourth-order valence-corrected chi connectivity index (χ4v) is 4.49. The van der Waals surface area contributed by atoms with E-state index in [9.17, 15) is 9.59 Å². The summed E-state index contributed by atoms with van der Waals surface area (Å²) < 4.78 is 5.18. The Bertz CT molecular complexity index is 1100. The van der Waals surface area contributed by atoms with Crippen molar-refractivity contribution in [3.8, 4) is 16.9 Å². The fraction of sp³-hybridized carbons (Fsp3) is 0.259. The fourth-order valence-electron chi connectivity index (χ4n) is 4.49. The Labute approximate surface area is 188 Å². The highest BCUT2D eigenvalue weighted by Crippen LogP contribution is 2.37. The Kier molecular flexibility index (Phi) is 6.26. The van der Waals surface area contributed by atoms with Gasteiger partial charge in [0.2, 0.25) is 11.8 Å². The number of ether oxygens (including phenoxy) is 1. The lowest BCUT2D eigenvalue weighted by Gasteiger charge is -2.27. The first kappa shape index (κ1) is 21.6. The van der Waals surface area contributed by atoms with E-state index in [1.807, 2.05) is 54.6 Å². The minimum Gasteiger partial charge on any atom is -0.497 e. The molecule has 1 fully saturated rings. The molecule has 1 atom stereocenters. The molecule has 5 heteroatoms. The van der Waals surface area contributed by atoms with E-state index in [-0.39, 0.29) is 11.8 Å². The molecule has 3 aromatic rings. The molecule has 0 aliphatic carbocycles. The smallest absolute Gasteiger partial charge is 0.227 e. The maximum absolute atomic E-state index is 13.0. The van der Waals surface area contributed by atoms with E-state index >= 15 is 0 Å². The van der Waals surface area contributed by atoms with E-state index < -0.39 is 5.41 Å². The van der Waals surface area contributed by atoms with Gasteiger partial charge in [-0.05, 0) is 47.2 Å². The van der Waals surface area contributed by atoms with Crippen molar-refractivity contribution < 1.29 is 14.3 Å². The van der Waals surface area contributed by atoms with E-state index in [4.69, 9.17) is 10.5 Å². The molecule has 1 unspecified atom stereocenters. The number of primary amides is 1. The summed E-state index contributed by atoms with van der Waals surface area (Å²) in [5, 5.41) is 0. The van der Waals surface area contributed by atoms with Crippen molar-refractivity contribution >= 4 is 11.8 Å². The molecule has 4 rings (SSSR count). The van der Waals surface area contributed by atoms with E-state index in [1.165, 1.54) is 0 Å².